The molecule has 4 aromatic carbocycles. The van der Waals surface area contributed by atoms with Crippen molar-refractivity contribution in [1.82, 2.24) is 26.6 Å². The van der Waals surface area contributed by atoms with Crippen molar-refractivity contribution in [3.63, 3.8) is 0 Å². The summed E-state index contributed by atoms with van der Waals surface area (Å²) < 4.78 is 0. The zero-order valence-corrected chi connectivity index (χ0v) is 32.7. The molecule has 0 fully saturated rings. The van der Waals surface area contributed by atoms with E-state index in [1.54, 1.807) is 86.6 Å². The molecule has 0 saturated carbocycles. The number of benzene rings is 4. The Morgan fingerprint density at radius 1 is 0.579 bits per heavy atom. The molecular weight excluding hydrogens is 729 g/mol. The van der Waals surface area contributed by atoms with Crippen molar-refractivity contribution in [3.8, 4) is 11.5 Å². The van der Waals surface area contributed by atoms with Crippen LogP contribution in [0.3, 0.4) is 0 Å². The number of phenolic OH excluding ortho intramolecular Hbond substituents is 2. The number of rotatable bonds is 18. The molecule has 0 aromatic heterocycles. The van der Waals surface area contributed by atoms with Crippen LogP contribution in [-0.4, -0.2) is 75.9 Å². The first-order valence-electron chi connectivity index (χ1n) is 18.9. The number of hydrogen-bond acceptors (Lipinski definition) is 8. The van der Waals surface area contributed by atoms with Gasteiger partial charge in [0.05, 0.1) is 5.56 Å². The van der Waals surface area contributed by atoms with E-state index in [0.29, 0.717) is 28.3 Å². The molecule has 0 spiro atoms. The van der Waals surface area contributed by atoms with Gasteiger partial charge in [-0.2, -0.15) is 0 Å². The third-order valence-corrected chi connectivity index (χ3v) is 9.40. The monoisotopic (exact) mass is 780 g/mol. The lowest BCUT2D eigenvalue weighted by molar-refractivity contribution is -0.135. The first-order valence-corrected chi connectivity index (χ1v) is 18.9. The van der Waals surface area contributed by atoms with Crippen LogP contribution in [0.25, 0.3) is 10.8 Å². The average molecular weight is 781 g/mol. The Hall–Kier alpha value is -6.44. The molecule has 0 aliphatic heterocycles. The van der Waals surface area contributed by atoms with E-state index in [1.165, 1.54) is 25.1 Å². The molecule has 4 aromatic rings. The summed E-state index contributed by atoms with van der Waals surface area (Å²) in [7, 11) is 0. The predicted molar refractivity (Wildman–Crippen MR) is 216 cm³/mol. The lowest BCUT2D eigenvalue weighted by atomic mass is 9.98. The maximum absolute atomic E-state index is 14.2. The highest BCUT2D eigenvalue weighted by atomic mass is 16.3. The molecule has 9 N–H and O–H groups in total. The summed E-state index contributed by atoms with van der Waals surface area (Å²) in [5, 5.41) is 35.0. The number of carbonyl (C=O) groups is 6. The van der Waals surface area contributed by atoms with Gasteiger partial charge < -0.3 is 42.5 Å². The lowest BCUT2D eigenvalue weighted by Gasteiger charge is -2.28. The van der Waals surface area contributed by atoms with Crippen LogP contribution in [0.5, 0.6) is 11.5 Å². The van der Waals surface area contributed by atoms with Crippen molar-refractivity contribution in [2.24, 2.45) is 17.6 Å². The van der Waals surface area contributed by atoms with Gasteiger partial charge >= 0.3 is 0 Å². The Bertz CT molecular complexity index is 2060. The van der Waals surface area contributed by atoms with Crippen LogP contribution in [0, 0.1) is 11.8 Å². The molecule has 0 radical (unpaired) electrons. The van der Waals surface area contributed by atoms with E-state index in [0.717, 1.165) is 0 Å². The molecule has 0 aliphatic rings. The summed E-state index contributed by atoms with van der Waals surface area (Å²) in [6.45, 7) is 8.65. The number of fused-ring (bicyclic) bond motifs is 1. The summed E-state index contributed by atoms with van der Waals surface area (Å²) in [4.78, 5) is 80.6. The van der Waals surface area contributed by atoms with Crippen molar-refractivity contribution < 1.29 is 39.0 Å². The Morgan fingerprint density at radius 3 is 1.63 bits per heavy atom. The largest absolute Gasteiger partial charge is 0.507 e. The van der Waals surface area contributed by atoms with Crippen molar-refractivity contribution >= 4 is 46.2 Å². The molecule has 6 amide bonds. The Balaban J connectivity index is 1.55. The molecule has 302 valence electrons. The number of aromatic hydroxyl groups is 2. The van der Waals surface area contributed by atoms with Crippen LogP contribution in [0.15, 0.2) is 91.0 Å². The van der Waals surface area contributed by atoms with Crippen LogP contribution >= 0.6 is 0 Å². The van der Waals surface area contributed by atoms with Gasteiger partial charge in [-0.1, -0.05) is 100 Å². The molecular formula is C43H52N6O8. The Morgan fingerprint density at radius 2 is 1.11 bits per heavy atom. The minimum atomic E-state index is -1.22. The summed E-state index contributed by atoms with van der Waals surface area (Å²) in [6.07, 6.45) is 0.364. The van der Waals surface area contributed by atoms with Crippen molar-refractivity contribution in [3.05, 3.63) is 108 Å². The van der Waals surface area contributed by atoms with E-state index in [4.69, 9.17) is 5.73 Å². The average Bonchev–Trinajstić information content (AvgIpc) is 3.16. The first-order chi connectivity index (χ1) is 27.0. The topological polar surface area (TPSA) is 229 Å². The zero-order valence-electron chi connectivity index (χ0n) is 32.7. The molecule has 57 heavy (non-hydrogen) atoms. The van der Waals surface area contributed by atoms with Crippen molar-refractivity contribution in [1.29, 1.82) is 0 Å². The van der Waals surface area contributed by atoms with Gasteiger partial charge in [-0.25, -0.2) is 0 Å². The van der Waals surface area contributed by atoms with Gasteiger partial charge in [0.2, 0.25) is 29.5 Å². The van der Waals surface area contributed by atoms with Crippen LogP contribution in [0.1, 0.15) is 62.5 Å². The van der Waals surface area contributed by atoms with Crippen LogP contribution < -0.4 is 32.3 Å². The van der Waals surface area contributed by atoms with E-state index >= 15 is 0 Å². The van der Waals surface area contributed by atoms with Crippen molar-refractivity contribution in [2.45, 2.75) is 84.1 Å². The summed E-state index contributed by atoms with van der Waals surface area (Å²) in [5.41, 5.74) is 6.84. The van der Waals surface area contributed by atoms with Gasteiger partial charge in [0, 0.05) is 18.2 Å². The molecule has 5 atom stereocenters. The van der Waals surface area contributed by atoms with Gasteiger partial charge in [0.25, 0.3) is 5.91 Å². The number of phenols is 2. The summed E-state index contributed by atoms with van der Waals surface area (Å²) in [6, 6.07) is 19.5. The summed E-state index contributed by atoms with van der Waals surface area (Å²) >= 11 is 0. The van der Waals surface area contributed by atoms with Crippen LogP contribution in [-0.2, 0) is 36.8 Å². The van der Waals surface area contributed by atoms with Crippen molar-refractivity contribution in [2.75, 3.05) is 0 Å². The maximum Gasteiger partial charge on any atom is 0.255 e. The standard InChI is InChI=1S/C43H52N6O8/c1-24(2)19-32(38(44)52)46-43(57)37(25(3)4)49-42(56)34(21-28-15-10-7-11-16-28)48-41(55)33(20-27-13-8-6-9-14-27)47-39(53)26(5)45-40(54)31-22-29-17-12-18-35(50)30(29)23-36(31)51/h6-18,22-26,32-34,37,50-51H,19-21H2,1-5H3,(H2,44,52)(H,45,54)(H,46,57)(H,47,53)(H,48,55)(H,49,56)/t26-,32-,33-,34-,37-/m1/s1. The highest BCUT2D eigenvalue weighted by Crippen LogP contribution is 2.30. The highest BCUT2D eigenvalue weighted by molar-refractivity contribution is 6.04. The smallest absolute Gasteiger partial charge is 0.255 e. The number of carbonyl (C=O) groups excluding carboxylic acids is 6. The second kappa shape index (κ2) is 19.9. The van der Waals surface area contributed by atoms with E-state index < -0.39 is 77.3 Å². The van der Waals surface area contributed by atoms with Gasteiger partial charge in [0.15, 0.2) is 0 Å². The highest BCUT2D eigenvalue weighted by Gasteiger charge is 2.33. The van der Waals surface area contributed by atoms with Gasteiger partial charge in [-0.15, -0.1) is 0 Å². The van der Waals surface area contributed by atoms with Crippen LogP contribution in [0.4, 0.5) is 0 Å². The molecule has 4 rings (SSSR count). The van der Waals surface area contributed by atoms with E-state index in [-0.39, 0.29) is 30.1 Å². The summed E-state index contributed by atoms with van der Waals surface area (Å²) in [5.74, 6) is -5.00. The quantitative estimate of drug-likeness (QED) is 0.0747. The number of amides is 6. The van der Waals surface area contributed by atoms with E-state index in [2.05, 4.69) is 26.6 Å². The molecule has 0 bridgehead atoms. The number of nitrogens with one attached hydrogen (secondary N) is 5. The lowest BCUT2D eigenvalue weighted by Crippen LogP contribution is -2.60. The SMILES string of the molecule is CC(C)C[C@@H](NC(=O)[C@H](NC(=O)[C@@H](Cc1ccccc1)NC(=O)[C@@H](Cc1ccccc1)NC(=O)[C@@H](C)NC(=O)c1cc2cccc(O)c2cc1O)C(C)C)C(N)=O. The second-order valence-corrected chi connectivity index (χ2v) is 14.9. The molecule has 14 nitrogen and oxygen atoms in total. The fourth-order valence-electron chi connectivity index (χ4n) is 6.27. The van der Waals surface area contributed by atoms with Gasteiger partial charge in [-0.3, -0.25) is 28.8 Å². The predicted octanol–water partition coefficient (Wildman–Crippen LogP) is 2.98. The second-order valence-electron chi connectivity index (χ2n) is 14.9. The molecule has 0 aliphatic carbocycles. The fraction of sp³-hybridized carbons (Fsp3) is 0.349. The normalized spacial score (nSPS) is 13.8. The van der Waals surface area contributed by atoms with Gasteiger partial charge in [-0.05, 0) is 59.9 Å². The molecule has 0 heterocycles. The third-order valence-electron chi connectivity index (χ3n) is 9.40. The molecule has 14 heteroatoms. The maximum atomic E-state index is 14.2. The molecule has 0 unspecified atom stereocenters. The first kappa shape index (κ1) is 43.3. The van der Waals surface area contributed by atoms with Gasteiger partial charge in [0.1, 0.15) is 41.7 Å². The third kappa shape index (κ3) is 12.3. The number of hydrogen-bond donors (Lipinski definition) is 8. The Labute approximate surface area is 332 Å². The fourth-order valence-corrected chi connectivity index (χ4v) is 6.27. The minimum absolute atomic E-state index is 0.0229. The van der Waals surface area contributed by atoms with Crippen LogP contribution in [0.2, 0.25) is 0 Å². The number of primary amides is 1. The van der Waals surface area contributed by atoms with E-state index in [9.17, 15) is 39.0 Å². The Kier molecular flexibility index (Phi) is 15.1. The molecule has 0 saturated heterocycles. The zero-order chi connectivity index (χ0) is 41.8. The minimum Gasteiger partial charge on any atom is -0.507 e. The van der Waals surface area contributed by atoms with E-state index in [1.807, 2.05) is 13.8 Å². The number of nitrogens with two attached hydrogens (primary N) is 1.